The number of nitrogens with one attached hydrogen (secondary N) is 1. The van der Waals surface area contributed by atoms with Crippen molar-refractivity contribution in [2.75, 3.05) is 37.7 Å². The second-order valence-electron chi connectivity index (χ2n) is 5.42. The van der Waals surface area contributed by atoms with E-state index < -0.39 is 0 Å². The molecule has 0 bridgehead atoms. The van der Waals surface area contributed by atoms with Crippen LogP contribution in [0.5, 0.6) is 0 Å². The van der Waals surface area contributed by atoms with Crippen LogP contribution >= 0.6 is 0 Å². The largest absolute Gasteiger partial charge is 0.397 e. The summed E-state index contributed by atoms with van der Waals surface area (Å²) in [7, 11) is 2.21. The Morgan fingerprint density at radius 1 is 1.56 bits per heavy atom. The van der Waals surface area contributed by atoms with Crippen LogP contribution in [0, 0.1) is 12.8 Å². The van der Waals surface area contributed by atoms with Crippen molar-refractivity contribution in [1.82, 2.24) is 9.88 Å². The average Bonchev–Trinajstić information content (AvgIpc) is 2.32. The molecule has 1 aliphatic heterocycles. The third kappa shape index (κ3) is 3.60. The number of likely N-dealkylation sites (tertiary alicyclic amines) is 1. The van der Waals surface area contributed by atoms with E-state index in [1.54, 1.807) is 6.20 Å². The minimum Gasteiger partial charge on any atom is -0.397 e. The van der Waals surface area contributed by atoms with Gasteiger partial charge in [0.15, 0.2) is 0 Å². The zero-order valence-electron chi connectivity index (χ0n) is 11.4. The van der Waals surface area contributed by atoms with Gasteiger partial charge < -0.3 is 16.0 Å². The number of nitrogens with two attached hydrogens (primary N) is 1. The molecule has 4 heteroatoms. The van der Waals surface area contributed by atoms with Crippen molar-refractivity contribution in [1.29, 1.82) is 0 Å². The van der Waals surface area contributed by atoms with Gasteiger partial charge in [-0.15, -0.1) is 0 Å². The van der Waals surface area contributed by atoms with E-state index in [0.29, 0.717) is 0 Å². The topological polar surface area (TPSA) is 54.2 Å². The van der Waals surface area contributed by atoms with E-state index in [0.717, 1.165) is 29.5 Å². The predicted octanol–water partition coefficient (Wildman–Crippen LogP) is 2.12. The molecular formula is C14H24N4. The number of nitrogen functional groups attached to an aromatic ring is 1. The van der Waals surface area contributed by atoms with Gasteiger partial charge in [0.25, 0.3) is 0 Å². The second-order valence-corrected chi connectivity index (χ2v) is 5.42. The second kappa shape index (κ2) is 6.05. The molecule has 3 N–H and O–H groups in total. The number of nitrogens with zero attached hydrogens (tertiary/aromatic N) is 2. The standard InChI is InChI=1S/C14H24N4/c1-11-8-13(15)9-17-14(11)16-6-5-12-4-3-7-18(2)10-12/h8-9,12H,3-7,10,15H2,1-2H3,(H,16,17). The highest BCUT2D eigenvalue weighted by molar-refractivity contribution is 5.50. The van der Waals surface area contributed by atoms with Gasteiger partial charge in [0.2, 0.25) is 0 Å². The molecule has 0 amide bonds. The summed E-state index contributed by atoms with van der Waals surface area (Å²) in [6, 6.07) is 1.96. The molecule has 0 radical (unpaired) electrons. The molecule has 4 nitrogen and oxygen atoms in total. The molecule has 1 aromatic rings. The normalized spacial score (nSPS) is 20.9. The minimum atomic E-state index is 0.729. The Morgan fingerprint density at radius 3 is 3.11 bits per heavy atom. The zero-order chi connectivity index (χ0) is 13.0. The summed E-state index contributed by atoms with van der Waals surface area (Å²) in [5.41, 5.74) is 7.54. The van der Waals surface area contributed by atoms with Gasteiger partial charge in [0.05, 0.1) is 11.9 Å². The number of pyridine rings is 1. The molecule has 2 rings (SSSR count). The van der Waals surface area contributed by atoms with E-state index in [-0.39, 0.29) is 0 Å². The van der Waals surface area contributed by atoms with E-state index in [4.69, 9.17) is 5.73 Å². The van der Waals surface area contributed by atoms with Crippen LogP contribution in [0.25, 0.3) is 0 Å². The highest BCUT2D eigenvalue weighted by Crippen LogP contribution is 2.19. The van der Waals surface area contributed by atoms with Gasteiger partial charge in [-0.05, 0) is 57.3 Å². The molecule has 1 aliphatic rings. The van der Waals surface area contributed by atoms with Gasteiger partial charge >= 0.3 is 0 Å². The van der Waals surface area contributed by atoms with Crippen LogP contribution < -0.4 is 11.1 Å². The Kier molecular flexibility index (Phi) is 4.42. The lowest BCUT2D eigenvalue weighted by Crippen LogP contribution is -2.32. The monoisotopic (exact) mass is 248 g/mol. The Morgan fingerprint density at radius 2 is 2.39 bits per heavy atom. The molecule has 18 heavy (non-hydrogen) atoms. The number of anilines is 2. The van der Waals surface area contributed by atoms with Gasteiger partial charge in [0, 0.05) is 13.1 Å². The van der Waals surface area contributed by atoms with Gasteiger partial charge in [-0.25, -0.2) is 4.98 Å². The van der Waals surface area contributed by atoms with Crippen molar-refractivity contribution >= 4 is 11.5 Å². The van der Waals surface area contributed by atoms with Gasteiger partial charge in [-0.1, -0.05) is 0 Å². The Labute approximate surface area is 110 Å². The molecular weight excluding hydrogens is 224 g/mol. The molecule has 1 fully saturated rings. The molecule has 1 aromatic heterocycles. The van der Waals surface area contributed by atoms with Crippen molar-refractivity contribution in [2.24, 2.45) is 5.92 Å². The number of rotatable bonds is 4. The van der Waals surface area contributed by atoms with Crippen molar-refractivity contribution < 1.29 is 0 Å². The number of aryl methyl sites for hydroxylation is 1. The van der Waals surface area contributed by atoms with Crippen LogP contribution in [-0.4, -0.2) is 36.6 Å². The third-order valence-corrected chi connectivity index (χ3v) is 3.67. The maximum Gasteiger partial charge on any atom is 0.128 e. The first-order valence-corrected chi connectivity index (χ1v) is 6.79. The molecule has 2 heterocycles. The fourth-order valence-electron chi connectivity index (χ4n) is 2.69. The molecule has 1 unspecified atom stereocenters. The SMILES string of the molecule is Cc1cc(N)cnc1NCCC1CCCN(C)C1. The van der Waals surface area contributed by atoms with Gasteiger partial charge in [-0.2, -0.15) is 0 Å². The van der Waals surface area contributed by atoms with Crippen LogP contribution in [0.4, 0.5) is 11.5 Å². The Bertz CT molecular complexity index is 391. The van der Waals surface area contributed by atoms with E-state index >= 15 is 0 Å². The molecule has 100 valence electrons. The highest BCUT2D eigenvalue weighted by atomic mass is 15.1. The van der Waals surface area contributed by atoms with Crippen molar-refractivity contribution in [3.8, 4) is 0 Å². The predicted molar refractivity (Wildman–Crippen MR) is 76.7 cm³/mol. The summed E-state index contributed by atoms with van der Waals surface area (Å²) in [5.74, 6) is 1.79. The van der Waals surface area contributed by atoms with Gasteiger partial charge in [0.1, 0.15) is 5.82 Å². The summed E-state index contributed by atoms with van der Waals surface area (Å²) in [5, 5.41) is 3.42. The Hall–Kier alpha value is -1.29. The summed E-state index contributed by atoms with van der Waals surface area (Å²) in [4.78, 5) is 6.76. The van der Waals surface area contributed by atoms with Gasteiger partial charge in [-0.3, -0.25) is 0 Å². The summed E-state index contributed by atoms with van der Waals surface area (Å²) in [6.07, 6.45) is 5.63. The summed E-state index contributed by atoms with van der Waals surface area (Å²) < 4.78 is 0. The van der Waals surface area contributed by atoms with Crippen LogP contribution in [0.15, 0.2) is 12.3 Å². The number of piperidine rings is 1. The lowest BCUT2D eigenvalue weighted by Gasteiger charge is -2.29. The average molecular weight is 248 g/mol. The maximum absolute atomic E-state index is 5.69. The van der Waals surface area contributed by atoms with Crippen molar-refractivity contribution in [3.63, 3.8) is 0 Å². The van der Waals surface area contributed by atoms with Crippen LogP contribution in [0.1, 0.15) is 24.8 Å². The lowest BCUT2D eigenvalue weighted by atomic mass is 9.95. The van der Waals surface area contributed by atoms with E-state index in [1.807, 2.05) is 13.0 Å². The zero-order valence-corrected chi connectivity index (χ0v) is 11.4. The fraction of sp³-hybridized carbons (Fsp3) is 0.643. The summed E-state index contributed by atoms with van der Waals surface area (Å²) >= 11 is 0. The van der Waals surface area contributed by atoms with E-state index in [9.17, 15) is 0 Å². The number of hydrogen-bond acceptors (Lipinski definition) is 4. The molecule has 0 saturated carbocycles. The molecule has 0 spiro atoms. The molecule has 0 aromatic carbocycles. The molecule has 1 saturated heterocycles. The smallest absolute Gasteiger partial charge is 0.128 e. The fourth-order valence-corrected chi connectivity index (χ4v) is 2.69. The van der Waals surface area contributed by atoms with E-state index in [2.05, 4.69) is 22.2 Å². The Balaban J connectivity index is 1.77. The third-order valence-electron chi connectivity index (χ3n) is 3.67. The van der Waals surface area contributed by atoms with Crippen LogP contribution in [0.2, 0.25) is 0 Å². The summed E-state index contributed by atoms with van der Waals surface area (Å²) in [6.45, 7) is 5.52. The number of hydrogen-bond donors (Lipinski definition) is 2. The van der Waals surface area contributed by atoms with Crippen molar-refractivity contribution in [2.45, 2.75) is 26.2 Å². The van der Waals surface area contributed by atoms with Crippen LogP contribution in [-0.2, 0) is 0 Å². The van der Waals surface area contributed by atoms with Crippen LogP contribution in [0.3, 0.4) is 0 Å². The maximum atomic E-state index is 5.69. The molecule has 0 aliphatic carbocycles. The first-order valence-electron chi connectivity index (χ1n) is 6.79. The lowest BCUT2D eigenvalue weighted by molar-refractivity contribution is 0.205. The minimum absolute atomic E-state index is 0.729. The van der Waals surface area contributed by atoms with Crippen molar-refractivity contribution in [3.05, 3.63) is 17.8 Å². The van der Waals surface area contributed by atoms with E-state index in [1.165, 1.54) is 32.4 Å². The quantitative estimate of drug-likeness (QED) is 0.857. The molecule has 1 atom stereocenters. The highest BCUT2D eigenvalue weighted by Gasteiger charge is 2.16. The first kappa shape index (κ1) is 13.1. The first-order chi connectivity index (χ1) is 8.65. The number of aromatic nitrogens is 1.